The highest BCUT2D eigenvalue weighted by Gasteiger charge is 2.22. The van der Waals surface area contributed by atoms with Crippen LogP contribution in [0.4, 0.5) is 0 Å². The molecule has 0 aliphatic rings. The van der Waals surface area contributed by atoms with E-state index in [2.05, 4.69) is 23.3 Å². The molecule has 30 heavy (non-hydrogen) atoms. The molecule has 2 heterocycles. The van der Waals surface area contributed by atoms with Gasteiger partial charge < -0.3 is 19.0 Å². The molecule has 0 bridgehead atoms. The standard InChI is InChI=1S/C24H25N3O3/c1-4-16-5-10-20-18(15-30-21(20)13-16)14-22(28)26-23(24-25-11-12-27(24)2)17-6-8-19(29-3)9-7-17/h5-13,15,23H,4,14H2,1-3H3,(H,26,28). The van der Waals surface area contributed by atoms with Gasteiger partial charge in [-0.1, -0.05) is 31.2 Å². The Kier molecular flexibility index (Phi) is 5.57. The molecule has 0 radical (unpaired) electrons. The number of fused-ring (bicyclic) bond motifs is 1. The molecule has 0 saturated carbocycles. The Morgan fingerprint density at radius 3 is 2.70 bits per heavy atom. The van der Waals surface area contributed by atoms with E-state index in [1.165, 1.54) is 5.56 Å². The van der Waals surface area contributed by atoms with Gasteiger partial charge in [-0.15, -0.1) is 0 Å². The molecule has 1 amide bonds. The number of imidazole rings is 1. The summed E-state index contributed by atoms with van der Waals surface area (Å²) in [5, 5.41) is 4.11. The van der Waals surface area contributed by atoms with Crippen molar-refractivity contribution in [3.05, 3.63) is 83.6 Å². The van der Waals surface area contributed by atoms with Crippen LogP contribution in [0.5, 0.6) is 5.75 Å². The summed E-state index contributed by atoms with van der Waals surface area (Å²) in [6, 6.07) is 13.4. The summed E-state index contributed by atoms with van der Waals surface area (Å²) >= 11 is 0. The van der Waals surface area contributed by atoms with Gasteiger partial charge in [0, 0.05) is 30.4 Å². The number of methoxy groups -OCH3 is 1. The van der Waals surface area contributed by atoms with Gasteiger partial charge in [0.15, 0.2) is 0 Å². The Morgan fingerprint density at radius 2 is 2.03 bits per heavy atom. The first-order chi connectivity index (χ1) is 14.6. The average molecular weight is 403 g/mol. The molecular weight excluding hydrogens is 378 g/mol. The number of amides is 1. The van der Waals surface area contributed by atoms with E-state index in [0.29, 0.717) is 0 Å². The summed E-state index contributed by atoms with van der Waals surface area (Å²) in [6.45, 7) is 2.11. The average Bonchev–Trinajstić information content (AvgIpc) is 3.37. The largest absolute Gasteiger partial charge is 0.497 e. The van der Waals surface area contributed by atoms with Crippen LogP contribution in [0.2, 0.25) is 0 Å². The van der Waals surface area contributed by atoms with Crippen LogP contribution in [0.25, 0.3) is 11.0 Å². The number of ether oxygens (including phenoxy) is 1. The number of benzene rings is 2. The zero-order valence-electron chi connectivity index (χ0n) is 17.4. The molecular formula is C24H25N3O3. The molecule has 0 fully saturated rings. The van der Waals surface area contributed by atoms with Gasteiger partial charge >= 0.3 is 0 Å². The Bertz CT molecular complexity index is 1160. The number of carbonyl (C=O) groups is 1. The van der Waals surface area contributed by atoms with Crippen molar-refractivity contribution in [2.45, 2.75) is 25.8 Å². The van der Waals surface area contributed by atoms with Gasteiger partial charge in [0.05, 0.1) is 19.8 Å². The van der Waals surface area contributed by atoms with Crippen LogP contribution in [0.15, 0.2) is 65.5 Å². The van der Waals surface area contributed by atoms with Crippen LogP contribution in [-0.4, -0.2) is 22.6 Å². The minimum Gasteiger partial charge on any atom is -0.497 e. The van der Waals surface area contributed by atoms with Crippen molar-refractivity contribution in [2.24, 2.45) is 7.05 Å². The third kappa shape index (κ3) is 3.94. The number of hydrogen-bond acceptors (Lipinski definition) is 4. The normalized spacial score (nSPS) is 12.1. The Morgan fingerprint density at radius 1 is 1.23 bits per heavy atom. The molecule has 1 unspecified atom stereocenters. The van der Waals surface area contributed by atoms with Crippen molar-refractivity contribution in [3.8, 4) is 5.75 Å². The Hall–Kier alpha value is -3.54. The number of hydrogen-bond donors (Lipinski definition) is 1. The molecule has 4 rings (SSSR count). The predicted molar refractivity (Wildman–Crippen MR) is 115 cm³/mol. The molecule has 154 valence electrons. The number of nitrogens with one attached hydrogen (secondary N) is 1. The highest BCUT2D eigenvalue weighted by Crippen LogP contribution is 2.25. The molecule has 0 spiro atoms. The van der Waals surface area contributed by atoms with Gasteiger partial charge in [-0.2, -0.15) is 0 Å². The van der Waals surface area contributed by atoms with Crippen LogP contribution in [0, 0.1) is 0 Å². The number of carbonyl (C=O) groups excluding carboxylic acids is 1. The van der Waals surface area contributed by atoms with E-state index in [1.54, 1.807) is 19.6 Å². The van der Waals surface area contributed by atoms with E-state index >= 15 is 0 Å². The highest BCUT2D eigenvalue weighted by atomic mass is 16.5. The van der Waals surface area contributed by atoms with Crippen molar-refractivity contribution < 1.29 is 13.9 Å². The summed E-state index contributed by atoms with van der Waals surface area (Å²) < 4.78 is 12.9. The molecule has 6 heteroatoms. The molecule has 4 aromatic rings. The number of rotatable bonds is 7. The van der Waals surface area contributed by atoms with Crippen LogP contribution in [-0.2, 0) is 24.7 Å². The quantitative estimate of drug-likeness (QED) is 0.502. The van der Waals surface area contributed by atoms with Gasteiger partial charge in [0.25, 0.3) is 0 Å². The van der Waals surface area contributed by atoms with Gasteiger partial charge in [-0.25, -0.2) is 4.98 Å². The molecule has 2 aromatic carbocycles. The maximum absolute atomic E-state index is 13.0. The van der Waals surface area contributed by atoms with E-state index in [4.69, 9.17) is 9.15 Å². The first-order valence-electron chi connectivity index (χ1n) is 9.98. The number of aromatic nitrogens is 2. The van der Waals surface area contributed by atoms with Gasteiger partial charge in [-0.3, -0.25) is 4.79 Å². The van der Waals surface area contributed by atoms with E-state index in [-0.39, 0.29) is 18.4 Å². The third-order valence-electron chi connectivity index (χ3n) is 5.35. The monoisotopic (exact) mass is 403 g/mol. The van der Waals surface area contributed by atoms with Gasteiger partial charge in [0.2, 0.25) is 5.91 Å². The zero-order chi connectivity index (χ0) is 21.1. The van der Waals surface area contributed by atoms with Gasteiger partial charge in [-0.05, 0) is 35.7 Å². The van der Waals surface area contributed by atoms with Crippen LogP contribution in [0.3, 0.4) is 0 Å². The van der Waals surface area contributed by atoms with Crippen molar-refractivity contribution in [1.82, 2.24) is 14.9 Å². The maximum Gasteiger partial charge on any atom is 0.225 e. The minimum atomic E-state index is -0.367. The lowest BCUT2D eigenvalue weighted by molar-refractivity contribution is -0.121. The van der Waals surface area contributed by atoms with E-state index in [1.807, 2.05) is 54.2 Å². The molecule has 6 nitrogen and oxygen atoms in total. The second-order valence-electron chi connectivity index (χ2n) is 7.29. The summed E-state index contributed by atoms with van der Waals surface area (Å²) in [4.78, 5) is 17.4. The number of nitrogens with zero attached hydrogens (tertiary/aromatic N) is 2. The van der Waals surface area contributed by atoms with Crippen LogP contribution < -0.4 is 10.1 Å². The smallest absolute Gasteiger partial charge is 0.225 e. The lowest BCUT2D eigenvalue weighted by Gasteiger charge is -2.19. The van der Waals surface area contributed by atoms with Gasteiger partial charge in [0.1, 0.15) is 23.2 Å². The second kappa shape index (κ2) is 8.45. The topological polar surface area (TPSA) is 69.3 Å². The van der Waals surface area contributed by atoms with Crippen molar-refractivity contribution in [1.29, 1.82) is 0 Å². The third-order valence-corrected chi connectivity index (χ3v) is 5.35. The zero-order valence-corrected chi connectivity index (χ0v) is 17.4. The molecule has 1 N–H and O–H groups in total. The molecule has 0 aliphatic heterocycles. The fourth-order valence-corrected chi connectivity index (χ4v) is 3.62. The Balaban J connectivity index is 1.58. The SMILES string of the molecule is CCc1ccc2c(CC(=O)NC(c3ccc(OC)cc3)c3nccn3C)coc2c1. The number of aryl methyl sites for hydroxylation is 2. The van der Waals surface area contributed by atoms with Crippen LogP contribution in [0.1, 0.15) is 35.5 Å². The predicted octanol–water partition coefficient (Wildman–Crippen LogP) is 4.19. The molecule has 0 aliphatic carbocycles. The summed E-state index contributed by atoms with van der Waals surface area (Å²) in [5.74, 6) is 1.43. The second-order valence-corrected chi connectivity index (χ2v) is 7.29. The van der Waals surface area contributed by atoms with Crippen LogP contribution >= 0.6 is 0 Å². The maximum atomic E-state index is 13.0. The summed E-state index contributed by atoms with van der Waals surface area (Å²) in [5.41, 5.74) is 3.83. The lowest BCUT2D eigenvalue weighted by Crippen LogP contribution is -2.32. The van der Waals surface area contributed by atoms with Crippen molar-refractivity contribution >= 4 is 16.9 Å². The minimum absolute atomic E-state index is 0.0962. The van der Waals surface area contributed by atoms with E-state index in [9.17, 15) is 4.79 Å². The van der Waals surface area contributed by atoms with Crippen molar-refractivity contribution in [2.75, 3.05) is 7.11 Å². The lowest BCUT2D eigenvalue weighted by atomic mass is 10.0. The first-order valence-corrected chi connectivity index (χ1v) is 9.98. The van der Waals surface area contributed by atoms with E-state index in [0.717, 1.165) is 40.1 Å². The molecule has 1 atom stereocenters. The van der Waals surface area contributed by atoms with Crippen molar-refractivity contribution in [3.63, 3.8) is 0 Å². The summed E-state index contributed by atoms with van der Waals surface area (Å²) in [7, 11) is 3.55. The summed E-state index contributed by atoms with van der Waals surface area (Å²) in [6.07, 6.45) is 6.45. The number of furan rings is 1. The first kappa shape index (κ1) is 19.8. The molecule has 0 saturated heterocycles. The fraction of sp³-hybridized carbons (Fsp3) is 0.250. The highest BCUT2D eigenvalue weighted by molar-refractivity contribution is 5.88. The Labute approximate surface area is 175 Å². The fourth-order valence-electron chi connectivity index (χ4n) is 3.62. The molecule has 2 aromatic heterocycles. The van der Waals surface area contributed by atoms with E-state index < -0.39 is 0 Å².